The molecule has 1 aliphatic heterocycles. The van der Waals surface area contributed by atoms with Crippen LogP contribution in [-0.4, -0.2) is 68.1 Å². The topological polar surface area (TPSA) is 35.7 Å². The lowest BCUT2D eigenvalue weighted by molar-refractivity contribution is 0.120. The summed E-state index contributed by atoms with van der Waals surface area (Å²) in [7, 11) is 4.25. The maximum Gasteiger partial charge on any atom is 0.0635 e. The van der Waals surface area contributed by atoms with E-state index in [9.17, 15) is 0 Å². The summed E-state index contributed by atoms with van der Waals surface area (Å²) in [6, 6.07) is 5.94. The Labute approximate surface area is 127 Å². The highest BCUT2D eigenvalue weighted by molar-refractivity contribution is 6.33. The molecular formula is C15H25ClN4. The minimum Gasteiger partial charge on any atom is -0.398 e. The standard InChI is InChI=1S/C15H25ClN4/c1-18(2)5-6-19-7-9-20(10-8-19)12-13-3-4-14(16)15(17)11-13/h3-4,11H,5-10,12,17H2,1-2H3. The van der Waals surface area contributed by atoms with Gasteiger partial charge in [-0.25, -0.2) is 0 Å². The van der Waals surface area contributed by atoms with Crippen LogP contribution in [0.3, 0.4) is 0 Å². The molecule has 2 N–H and O–H groups in total. The molecule has 1 heterocycles. The van der Waals surface area contributed by atoms with E-state index in [2.05, 4.69) is 34.9 Å². The van der Waals surface area contributed by atoms with Crippen molar-refractivity contribution in [3.63, 3.8) is 0 Å². The number of likely N-dealkylation sites (N-methyl/N-ethyl adjacent to an activating group) is 1. The van der Waals surface area contributed by atoms with Crippen molar-refractivity contribution < 1.29 is 0 Å². The van der Waals surface area contributed by atoms with Gasteiger partial charge in [0.1, 0.15) is 0 Å². The molecule has 1 fully saturated rings. The van der Waals surface area contributed by atoms with Crippen molar-refractivity contribution >= 4 is 17.3 Å². The average Bonchev–Trinajstić information content (AvgIpc) is 2.42. The fourth-order valence-electron chi connectivity index (χ4n) is 2.46. The normalized spacial score (nSPS) is 17.8. The number of nitrogens with zero attached hydrogens (tertiary/aromatic N) is 3. The van der Waals surface area contributed by atoms with Crippen LogP contribution in [0, 0.1) is 0 Å². The van der Waals surface area contributed by atoms with Gasteiger partial charge in [0, 0.05) is 45.8 Å². The fourth-order valence-corrected chi connectivity index (χ4v) is 2.58. The second-order valence-corrected chi connectivity index (χ2v) is 6.18. The first-order valence-corrected chi connectivity index (χ1v) is 7.56. The van der Waals surface area contributed by atoms with Crippen LogP contribution in [0.2, 0.25) is 5.02 Å². The van der Waals surface area contributed by atoms with E-state index in [1.54, 1.807) is 0 Å². The largest absolute Gasteiger partial charge is 0.398 e. The van der Waals surface area contributed by atoms with Crippen LogP contribution < -0.4 is 5.73 Å². The number of anilines is 1. The van der Waals surface area contributed by atoms with Crippen molar-refractivity contribution in [3.05, 3.63) is 28.8 Å². The number of nitrogen functional groups attached to an aromatic ring is 1. The second-order valence-electron chi connectivity index (χ2n) is 5.78. The molecule has 0 amide bonds. The fraction of sp³-hybridized carbons (Fsp3) is 0.600. The summed E-state index contributed by atoms with van der Waals surface area (Å²) < 4.78 is 0. The van der Waals surface area contributed by atoms with Gasteiger partial charge in [0.25, 0.3) is 0 Å². The molecule has 112 valence electrons. The summed E-state index contributed by atoms with van der Waals surface area (Å²) in [6.45, 7) is 7.80. The first-order valence-electron chi connectivity index (χ1n) is 7.18. The lowest BCUT2D eigenvalue weighted by Gasteiger charge is -2.35. The Kier molecular flexibility index (Phi) is 5.66. The van der Waals surface area contributed by atoms with E-state index >= 15 is 0 Å². The van der Waals surface area contributed by atoms with Crippen molar-refractivity contribution in [1.29, 1.82) is 0 Å². The summed E-state index contributed by atoms with van der Waals surface area (Å²) >= 11 is 5.95. The summed E-state index contributed by atoms with van der Waals surface area (Å²) in [5.41, 5.74) is 7.77. The molecule has 0 aromatic heterocycles. The highest BCUT2D eigenvalue weighted by Gasteiger charge is 2.16. The van der Waals surface area contributed by atoms with Gasteiger partial charge in [-0.3, -0.25) is 9.80 Å². The molecule has 4 nitrogen and oxygen atoms in total. The molecule has 0 spiro atoms. The number of hydrogen-bond acceptors (Lipinski definition) is 4. The maximum atomic E-state index is 5.95. The van der Waals surface area contributed by atoms with Gasteiger partial charge in [0.2, 0.25) is 0 Å². The molecule has 1 aromatic rings. The van der Waals surface area contributed by atoms with Gasteiger partial charge in [-0.1, -0.05) is 17.7 Å². The third-order valence-corrected chi connectivity index (χ3v) is 4.14. The Morgan fingerprint density at radius 1 is 1.15 bits per heavy atom. The van der Waals surface area contributed by atoms with E-state index in [1.165, 1.54) is 5.56 Å². The zero-order valence-corrected chi connectivity index (χ0v) is 13.2. The van der Waals surface area contributed by atoms with Crippen LogP contribution in [0.5, 0.6) is 0 Å². The van der Waals surface area contributed by atoms with Gasteiger partial charge in [-0.2, -0.15) is 0 Å². The minimum absolute atomic E-state index is 0.641. The van der Waals surface area contributed by atoms with E-state index in [1.807, 2.05) is 12.1 Å². The minimum atomic E-state index is 0.641. The van der Waals surface area contributed by atoms with Crippen LogP contribution in [0.15, 0.2) is 18.2 Å². The van der Waals surface area contributed by atoms with Gasteiger partial charge in [-0.15, -0.1) is 0 Å². The summed E-state index contributed by atoms with van der Waals surface area (Å²) in [6.07, 6.45) is 0. The predicted octanol–water partition coefficient (Wildman–Crippen LogP) is 1.60. The molecule has 2 rings (SSSR count). The molecular weight excluding hydrogens is 272 g/mol. The van der Waals surface area contributed by atoms with Crippen LogP contribution >= 0.6 is 11.6 Å². The molecule has 0 bridgehead atoms. The quantitative estimate of drug-likeness (QED) is 0.837. The molecule has 0 unspecified atom stereocenters. The smallest absolute Gasteiger partial charge is 0.0635 e. The lowest BCUT2D eigenvalue weighted by atomic mass is 10.1. The zero-order chi connectivity index (χ0) is 14.5. The Morgan fingerprint density at radius 2 is 1.80 bits per heavy atom. The van der Waals surface area contributed by atoms with Crippen LogP contribution in [0.25, 0.3) is 0 Å². The third-order valence-electron chi connectivity index (χ3n) is 3.79. The van der Waals surface area contributed by atoms with E-state index in [0.29, 0.717) is 10.7 Å². The number of piperazine rings is 1. The van der Waals surface area contributed by atoms with Gasteiger partial charge in [0.15, 0.2) is 0 Å². The molecule has 0 aliphatic carbocycles. The van der Waals surface area contributed by atoms with Crippen molar-refractivity contribution in [2.45, 2.75) is 6.54 Å². The van der Waals surface area contributed by atoms with Crippen LogP contribution in [-0.2, 0) is 6.54 Å². The monoisotopic (exact) mass is 296 g/mol. The first kappa shape index (κ1) is 15.6. The zero-order valence-electron chi connectivity index (χ0n) is 12.5. The van der Waals surface area contributed by atoms with Gasteiger partial charge < -0.3 is 10.6 Å². The summed E-state index contributed by atoms with van der Waals surface area (Å²) in [4.78, 5) is 7.25. The summed E-state index contributed by atoms with van der Waals surface area (Å²) in [5.74, 6) is 0. The molecule has 1 aromatic carbocycles. The Balaban J connectivity index is 1.77. The Hall–Kier alpha value is -0.810. The van der Waals surface area contributed by atoms with Crippen molar-refractivity contribution in [1.82, 2.24) is 14.7 Å². The molecule has 5 heteroatoms. The number of rotatable bonds is 5. The number of hydrogen-bond donors (Lipinski definition) is 1. The van der Waals surface area contributed by atoms with Crippen LogP contribution in [0.1, 0.15) is 5.56 Å². The van der Waals surface area contributed by atoms with Gasteiger partial charge in [-0.05, 0) is 31.8 Å². The number of halogens is 1. The van der Waals surface area contributed by atoms with Gasteiger partial charge >= 0.3 is 0 Å². The molecule has 0 saturated carbocycles. The van der Waals surface area contributed by atoms with E-state index in [4.69, 9.17) is 17.3 Å². The molecule has 1 aliphatic rings. The number of nitrogens with two attached hydrogens (primary N) is 1. The third kappa shape index (κ3) is 4.63. The Morgan fingerprint density at radius 3 is 2.40 bits per heavy atom. The average molecular weight is 297 g/mol. The molecule has 0 atom stereocenters. The van der Waals surface area contributed by atoms with Crippen LogP contribution in [0.4, 0.5) is 5.69 Å². The van der Waals surface area contributed by atoms with Crippen molar-refractivity contribution in [2.75, 3.05) is 59.1 Å². The Bertz CT molecular complexity index is 428. The van der Waals surface area contributed by atoms with E-state index in [0.717, 1.165) is 45.8 Å². The predicted molar refractivity (Wildman–Crippen MR) is 86.1 cm³/mol. The maximum absolute atomic E-state index is 5.95. The molecule has 1 saturated heterocycles. The van der Waals surface area contributed by atoms with Gasteiger partial charge in [0.05, 0.1) is 10.7 Å². The molecule has 20 heavy (non-hydrogen) atoms. The first-order chi connectivity index (χ1) is 9.54. The lowest BCUT2D eigenvalue weighted by Crippen LogP contribution is -2.47. The SMILES string of the molecule is CN(C)CCN1CCN(Cc2ccc(Cl)c(N)c2)CC1. The highest BCUT2D eigenvalue weighted by Crippen LogP contribution is 2.20. The second kappa shape index (κ2) is 7.27. The van der Waals surface area contributed by atoms with E-state index < -0.39 is 0 Å². The highest BCUT2D eigenvalue weighted by atomic mass is 35.5. The van der Waals surface area contributed by atoms with Crippen molar-refractivity contribution in [2.24, 2.45) is 0 Å². The van der Waals surface area contributed by atoms with Crippen molar-refractivity contribution in [3.8, 4) is 0 Å². The number of benzene rings is 1. The molecule has 0 radical (unpaired) electrons. The van der Waals surface area contributed by atoms with E-state index in [-0.39, 0.29) is 0 Å². The summed E-state index contributed by atoms with van der Waals surface area (Å²) in [5, 5.41) is 0.641.